The molecule has 18 heavy (non-hydrogen) atoms. The molecule has 2 heterocycles. The van der Waals surface area contributed by atoms with Gasteiger partial charge >= 0.3 is 6.03 Å². The van der Waals surface area contributed by atoms with Gasteiger partial charge in [0.2, 0.25) is 0 Å². The summed E-state index contributed by atoms with van der Waals surface area (Å²) in [5.41, 5.74) is 0. The monoisotopic (exact) mass is 290 g/mol. The lowest BCUT2D eigenvalue weighted by atomic mass is 10.1. The molecular weight excluding hydrogens is 268 g/mol. The van der Waals surface area contributed by atoms with Crippen LogP contribution in [0.15, 0.2) is 0 Å². The first kappa shape index (κ1) is 14.2. The highest BCUT2D eigenvalue weighted by Crippen LogP contribution is 2.17. The Morgan fingerprint density at radius 3 is 2.72 bits per heavy atom. The summed E-state index contributed by atoms with van der Waals surface area (Å²) < 4.78 is 11.7. The van der Waals surface area contributed by atoms with E-state index in [0.717, 1.165) is 37.3 Å². The molecule has 0 aromatic rings. The largest absolute Gasteiger partial charge is 0.335 e. The summed E-state index contributed by atoms with van der Waals surface area (Å²) in [5, 5.41) is 3.34. The number of rotatable bonds is 1. The van der Waals surface area contributed by atoms with Crippen LogP contribution in [0, 0.1) is 0 Å². The van der Waals surface area contributed by atoms with Gasteiger partial charge < -0.3 is 10.2 Å². The molecule has 0 saturated carbocycles. The average Bonchev–Trinajstić information content (AvgIpc) is 2.54. The van der Waals surface area contributed by atoms with Crippen molar-refractivity contribution in [3.05, 3.63) is 0 Å². The Kier molecular flexibility index (Phi) is 5.36. The minimum Gasteiger partial charge on any atom is -0.335 e. The Hall–Kier alpha value is -0.230. The van der Waals surface area contributed by atoms with Crippen molar-refractivity contribution in [2.75, 3.05) is 30.3 Å². The summed E-state index contributed by atoms with van der Waals surface area (Å²) in [6, 6.07) is 0.378. The Balaban J connectivity index is 1.82. The number of carbonyl (C=O) groups excluding carboxylic acids is 1. The van der Waals surface area contributed by atoms with Crippen molar-refractivity contribution in [3.8, 4) is 0 Å². The van der Waals surface area contributed by atoms with E-state index in [4.69, 9.17) is 0 Å². The van der Waals surface area contributed by atoms with Gasteiger partial charge in [0, 0.05) is 40.9 Å². The molecule has 0 aromatic heterocycles. The summed E-state index contributed by atoms with van der Waals surface area (Å²) in [5.74, 6) is 2.91. The van der Waals surface area contributed by atoms with E-state index in [2.05, 4.69) is 5.32 Å². The van der Waals surface area contributed by atoms with Gasteiger partial charge in [0.15, 0.2) is 0 Å². The van der Waals surface area contributed by atoms with Gasteiger partial charge in [-0.2, -0.15) is 11.8 Å². The minimum absolute atomic E-state index is 0.0398. The molecule has 4 nitrogen and oxygen atoms in total. The molecule has 0 bridgehead atoms. The molecule has 2 saturated heterocycles. The van der Waals surface area contributed by atoms with Crippen LogP contribution >= 0.6 is 11.8 Å². The van der Waals surface area contributed by atoms with Crippen molar-refractivity contribution >= 4 is 28.6 Å². The van der Waals surface area contributed by atoms with E-state index in [9.17, 15) is 9.00 Å². The number of nitrogens with one attached hydrogen (secondary N) is 1. The zero-order chi connectivity index (χ0) is 13.0. The van der Waals surface area contributed by atoms with E-state index in [-0.39, 0.29) is 11.3 Å². The van der Waals surface area contributed by atoms with Crippen molar-refractivity contribution in [1.82, 2.24) is 10.2 Å². The van der Waals surface area contributed by atoms with E-state index in [1.807, 2.05) is 23.6 Å². The lowest BCUT2D eigenvalue weighted by Gasteiger charge is -2.27. The number of hydrogen-bond acceptors (Lipinski definition) is 3. The van der Waals surface area contributed by atoms with Crippen molar-refractivity contribution < 1.29 is 9.00 Å². The smallest absolute Gasteiger partial charge is 0.317 e. The molecule has 2 amide bonds. The minimum atomic E-state index is -0.771. The van der Waals surface area contributed by atoms with Crippen LogP contribution in [-0.4, -0.2) is 56.8 Å². The maximum atomic E-state index is 12.1. The van der Waals surface area contributed by atoms with Crippen molar-refractivity contribution in [3.63, 3.8) is 0 Å². The fourth-order valence-corrected chi connectivity index (χ4v) is 4.57. The third-order valence-electron chi connectivity index (χ3n) is 3.65. The SMILES string of the molecule is CC1CCN(C(=O)NC2CCSCC2)CCS1=O. The number of amides is 2. The van der Waals surface area contributed by atoms with Crippen LogP contribution in [0.5, 0.6) is 0 Å². The summed E-state index contributed by atoms with van der Waals surface area (Å²) in [6.45, 7) is 3.38. The highest BCUT2D eigenvalue weighted by atomic mass is 32.2. The van der Waals surface area contributed by atoms with Gasteiger partial charge in [0.1, 0.15) is 0 Å². The summed E-state index contributed by atoms with van der Waals surface area (Å²) >= 11 is 1.96. The van der Waals surface area contributed by atoms with Crippen LogP contribution in [0.1, 0.15) is 26.2 Å². The molecule has 0 spiro atoms. The van der Waals surface area contributed by atoms with Gasteiger partial charge in [-0.3, -0.25) is 4.21 Å². The fraction of sp³-hybridized carbons (Fsp3) is 0.917. The van der Waals surface area contributed by atoms with Crippen molar-refractivity contribution in [1.29, 1.82) is 0 Å². The first-order valence-corrected chi connectivity index (χ1v) is 9.21. The number of urea groups is 1. The molecule has 2 atom stereocenters. The first-order chi connectivity index (χ1) is 8.66. The number of carbonyl (C=O) groups is 1. The Bertz CT molecular complexity index is 319. The second-order valence-electron chi connectivity index (χ2n) is 5.01. The van der Waals surface area contributed by atoms with Crippen LogP contribution in [0.2, 0.25) is 0 Å². The summed E-state index contributed by atoms with van der Waals surface area (Å²) in [6.07, 6.45) is 3.00. The topological polar surface area (TPSA) is 49.4 Å². The van der Waals surface area contributed by atoms with Crippen LogP contribution in [-0.2, 0) is 10.8 Å². The average molecular weight is 290 g/mol. The molecule has 6 heteroatoms. The third kappa shape index (κ3) is 3.88. The molecule has 2 unspecified atom stereocenters. The van der Waals surface area contributed by atoms with Gasteiger partial charge in [-0.15, -0.1) is 0 Å². The van der Waals surface area contributed by atoms with E-state index >= 15 is 0 Å². The normalized spacial score (nSPS) is 30.8. The van der Waals surface area contributed by atoms with Gasteiger partial charge in [-0.1, -0.05) is 6.92 Å². The quantitative estimate of drug-likeness (QED) is 0.795. The Labute approximate surface area is 116 Å². The van der Waals surface area contributed by atoms with E-state index in [1.165, 1.54) is 0 Å². The third-order valence-corrected chi connectivity index (χ3v) is 6.42. The molecule has 2 aliphatic rings. The summed E-state index contributed by atoms with van der Waals surface area (Å²) in [4.78, 5) is 14.0. The molecule has 2 aliphatic heterocycles. The number of hydrogen-bond donors (Lipinski definition) is 1. The van der Waals surface area contributed by atoms with Crippen LogP contribution in [0.25, 0.3) is 0 Å². The lowest BCUT2D eigenvalue weighted by Crippen LogP contribution is -2.46. The molecule has 0 aromatic carbocycles. The predicted octanol–water partition coefficient (Wildman–Crippen LogP) is 1.43. The highest BCUT2D eigenvalue weighted by Gasteiger charge is 2.24. The van der Waals surface area contributed by atoms with E-state index in [1.54, 1.807) is 0 Å². The zero-order valence-electron chi connectivity index (χ0n) is 10.9. The zero-order valence-corrected chi connectivity index (χ0v) is 12.5. The van der Waals surface area contributed by atoms with Crippen molar-refractivity contribution in [2.45, 2.75) is 37.5 Å². The molecule has 0 radical (unpaired) electrons. The van der Waals surface area contributed by atoms with Gasteiger partial charge in [-0.05, 0) is 30.8 Å². The van der Waals surface area contributed by atoms with E-state index in [0.29, 0.717) is 18.3 Å². The second kappa shape index (κ2) is 6.80. The molecule has 104 valence electrons. The second-order valence-corrected chi connectivity index (χ2v) is 8.21. The standard InChI is InChI=1S/C12H22N2O2S2/c1-10-2-5-14(6-9-18(10)16)12(15)13-11-3-7-17-8-4-11/h10-11H,2-9H2,1H3,(H,13,15). The Morgan fingerprint density at radius 2 is 2.00 bits per heavy atom. The van der Waals surface area contributed by atoms with Gasteiger partial charge in [0.25, 0.3) is 0 Å². The first-order valence-electron chi connectivity index (χ1n) is 6.67. The molecular formula is C12H22N2O2S2. The highest BCUT2D eigenvalue weighted by molar-refractivity contribution is 7.99. The molecule has 1 N–H and O–H groups in total. The number of nitrogens with zero attached hydrogens (tertiary/aromatic N) is 1. The van der Waals surface area contributed by atoms with Crippen molar-refractivity contribution in [2.24, 2.45) is 0 Å². The van der Waals surface area contributed by atoms with Gasteiger partial charge in [-0.25, -0.2) is 4.79 Å². The molecule has 0 aliphatic carbocycles. The fourth-order valence-electron chi connectivity index (χ4n) is 2.29. The molecule has 2 rings (SSSR count). The van der Waals surface area contributed by atoms with Crippen LogP contribution in [0.4, 0.5) is 4.79 Å². The van der Waals surface area contributed by atoms with Crippen LogP contribution in [0.3, 0.4) is 0 Å². The lowest BCUT2D eigenvalue weighted by molar-refractivity contribution is 0.196. The van der Waals surface area contributed by atoms with E-state index < -0.39 is 10.8 Å². The summed E-state index contributed by atoms with van der Waals surface area (Å²) in [7, 11) is -0.771. The molecule has 2 fully saturated rings. The van der Waals surface area contributed by atoms with Crippen LogP contribution < -0.4 is 5.32 Å². The number of thioether (sulfide) groups is 1. The van der Waals surface area contributed by atoms with Gasteiger partial charge in [0.05, 0.1) is 0 Å². The maximum Gasteiger partial charge on any atom is 0.317 e. The predicted molar refractivity (Wildman–Crippen MR) is 77.5 cm³/mol. The Morgan fingerprint density at radius 1 is 1.28 bits per heavy atom. The maximum absolute atomic E-state index is 12.1.